The summed E-state index contributed by atoms with van der Waals surface area (Å²) >= 11 is 0. The first-order valence-electron chi connectivity index (χ1n) is 10.7. The van der Waals surface area contributed by atoms with Crippen molar-refractivity contribution in [2.75, 3.05) is 13.1 Å². The minimum atomic E-state index is -0.0129. The molecule has 7 heteroatoms. The van der Waals surface area contributed by atoms with Crippen LogP contribution in [0.4, 0.5) is 0 Å². The van der Waals surface area contributed by atoms with E-state index in [1.165, 1.54) is 0 Å². The molecule has 0 bridgehead atoms. The fourth-order valence-corrected chi connectivity index (χ4v) is 4.04. The Kier molecular flexibility index (Phi) is 6.42. The summed E-state index contributed by atoms with van der Waals surface area (Å²) < 4.78 is 7.70. The zero-order valence-corrected chi connectivity index (χ0v) is 18.4. The van der Waals surface area contributed by atoms with E-state index in [0.717, 1.165) is 47.7 Å². The largest absolute Gasteiger partial charge is 0.372 e. The molecule has 1 aromatic carbocycles. The third-order valence-corrected chi connectivity index (χ3v) is 5.82. The zero-order valence-electron chi connectivity index (χ0n) is 18.4. The first-order valence-corrected chi connectivity index (χ1v) is 10.7. The quantitative estimate of drug-likeness (QED) is 0.611. The number of hydrogen-bond donors (Lipinski definition) is 0. The smallest absolute Gasteiger partial charge is 0.274 e. The van der Waals surface area contributed by atoms with E-state index in [1.54, 1.807) is 4.68 Å². The molecule has 3 aromatic rings. The van der Waals surface area contributed by atoms with Gasteiger partial charge in [0.15, 0.2) is 5.69 Å². The Morgan fingerprint density at radius 3 is 2.74 bits per heavy atom. The molecule has 1 saturated heterocycles. The van der Waals surface area contributed by atoms with Crippen LogP contribution in [0.2, 0.25) is 0 Å². The maximum atomic E-state index is 13.0. The topological polar surface area (TPSA) is 73.1 Å². The lowest BCUT2D eigenvalue weighted by atomic mass is 9.92. The average Bonchev–Trinajstić information content (AvgIpc) is 3.13. The third kappa shape index (κ3) is 4.99. The number of amides is 1. The van der Waals surface area contributed by atoms with Gasteiger partial charge in [0.2, 0.25) is 0 Å². The number of carbonyl (C=O) groups is 1. The standard InChI is InChI=1S/C24H29N5O2/c1-17-12-22(27-28(17)3)24(30)29-11-7-10-20(14-29)23-21(13-25-18(2)26-23)16-31-15-19-8-5-4-6-9-19/h4-6,8-9,12-13,20H,7,10-11,14-16H2,1-3H3. The molecular weight excluding hydrogens is 390 g/mol. The molecule has 3 heterocycles. The van der Waals surface area contributed by atoms with Crippen LogP contribution in [0.15, 0.2) is 42.6 Å². The van der Waals surface area contributed by atoms with Gasteiger partial charge in [-0.2, -0.15) is 5.10 Å². The van der Waals surface area contributed by atoms with Crippen molar-refractivity contribution in [3.05, 3.63) is 76.6 Å². The normalized spacial score (nSPS) is 16.5. The van der Waals surface area contributed by atoms with Crippen molar-refractivity contribution in [3.63, 3.8) is 0 Å². The second-order valence-electron chi connectivity index (χ2n) is 8.19. The summed E-state index contributed by atoms with van der Waals surface area (Å²) in [4.78, 5) is 24.1. The van der Waals surface area contributed by atoms with Crippen LogP contribution >= 0.6 is 0 Å². The Bertz CT molecular complexity index is 1030. The maximum Gasteiger partial charge on any atom is 0.274 e. The van der Waals surface area contributed by atoms with Gasteiger partial charge in [-0.1, -0.05) is 30.3 Å². The second kappa shape index (κ2) is 9.39. The van der Waals surface area contributed by atoms with Crippen molar-refractivity contribution < 1.29 is 9.53 Å². The predicted octanol–water partition coefficient (Wildman–Crippen LogP) is 3.56. The minimum absolute atomic E-state index is 0.0129. The highest BCUT2D eigenvalue weighted by Gasteiger charge is 2.29. The lowest BCUT2D eigenvalue weighted by molar-refractivity contribution is 0.0696. The summed E-state index contributed by atoms with van der Waals surface area (Å²) in [5.74, 6) is 0.895. The summed E-state index contributed by atoms with van der Waals surface area (Å²) in [5, 5.41) is 4.36. The van der Waals surface area contributed by atoms with Gasteiger partial charge in [-0.15, -0.1) is 0 Å². The highest BCUT2D eigenvalue weighted by molar-refractivity contribution is 5.92. The van der Waals surface area contributed by atoms with E-state index in [0.29, 0.717) is 25.5 Å². The van der Waals surface area contributed by atoms with E-state index in [9.17, 15) is 4.79 Å². The van der Waals surface area contributed by atoms with Crippen molar-refractivity contribution in [1.29, 1.82) is 0 Å². The fraction of sp³-hybridized carbons (Fsp3) is 0.417. The van der Waals surface area contributed by atoms with Crippen LogP contribution in [0, 0.1) is 13.8 Å². The van der Waals surface area contributed by atoms with E-state index in [2.05, 4.69) is 22.2 Å². The second-order valence-corrected chi connectivity index (χ2v) is 8.19. The van der Waals surface area contributed by atoms with Crippen molar-refractivity contribution in [2.45, 2.75) is 45.8 Å². The Balaban J connectivity index is 1.47. The summed E-state index contributed by atoms with van der Waals surface area (Å²) in [6.45, 7) is 6.23. The molecule has 0 saturated carbocycles. The zero-order chi connectivity index (χ0) is 21.8. The number of nitrogens with zero attached hydrogens (tertiary/aromatic N) is 5. The van der Waals surface area contributed by atoms with Crippen LogP contribution in [0.25, 0.3) is 0 Å². The van der Waals surface area contributed by atoms with Gasteiger partial charge in [0.1, 0.15) is 5.82 Å². The number of hydrogen-bond acceptors (Lipinski definition) is 5. The van der Waals surface area contributed by atoms with Gasteiger partial charge in [0.05, 0.1) is 18.9 Å². The van der Waals surface area contributed by atoms with Crippen LogP contribution < -0.4 is 0 Å². The monoisotopic (exact) mass is 419 g/mol. The average molecular weight is 420 g/mol. The Hall–Kier alpha value is -3.06. The number of ether oxygens (including phenoxy) is 1. The molecule has 1 atom stereocenters. The van der Waals surface area contributed by atoms with Crippen LogP contribution in [0.1, 0.15) is 57.6 Å². The first-order chi connectivity index (χ1) is 15.0. The van der Waals surface area contributed by atoms with Crippen molar-refractivity contribution >= 4 is 5.91 Å². The highest BCUT2D eigenvalue weighted by Crippen LogP contribution is 2.29. The van der Waals surface area contributed by atoms with E-state index in [1.807, 2.05) is 56.3 Å². The van der Waals surface area contributed by atoms with Gasteiger partial charge in [-0.05, 0) is 38.3 Å². The molecule has 1 unspecified atom stereocenters. The molecule has 0 radical (unpaired) electrons. The van der Waals surface area contributed by atoms with E-state index < -0.39 is 0 Å². The molecule has 162 valence electrons. The molecule has 31 heavy (non-hydrogen) atoms. The lowest BCUT2D eigenvalue weighted by Crippen LogP contribution is -2.39. The van der Waals surface area contributed by atoms with Crippen LogP contribution in [-0.4, -0.2) is 43.6 Å². The molecule has 1 amide bonds. The van der Waals surface area contributed by atoms with Gasteiger partial charge >= 0.3 is 0 Å². The Labute approximate surface area is 183 Å². The number of carbonyl (C=O) groups excluding carboxylic acids is 1. The molecule has 4 rings (SSSR count). The molecule has 0 N–H and O–H groups in total. The van der Waals surface area contributed by atoms with Gasteiger partial charge in [0, 0.05) is 43.5 Å². The number of aromatic nitrogens is 4. The maximum absolute atomic E-state index is 13.0. The van der Waals surface area contributed by atoms with E-state index in [4.69, 9.17) is 9.72 Å². The van der Waals surface area contributed by atoms with Crippen molar-refractivity contribution in [1.82, 2.24) is 24.6 Å². The fourth-order valence-electron chi connectivity index (χ4n) is 4.04. The molecule has 7 nitrogen and oxygen atoms in total. The van der Waals surface area contributed by atoms with Gasteiger partial charge < -0.3 is 9.64 Å². The number of likely N-dealkylation sites (tertiary alicyclic amines) is 1. The third-order valence-electron chi connectivity index (χ3n) is 5.82. The molecule has 0 spiro atoms. The van der Waals surface area contributed by atoms with Crippen molar-refractivity contribution in [2.24, 2.45) is 7.05 Å². The number of benzene rings is 1. The Morgan fingerprint density at radius 2 is 2.00 bits per heavy atom. The number of aryl methyl sites for hydroxylation is 3. The molecule has 1 aliphatic rings. The summed E-state index contributed by atoms with van der Waals surface area (Å²) in [6, 6.07) is 12.0. The van der Waals surface area contributed by atoms with Gasteiger partial charge in [0.25, 0.3) is 5.91 Å². The lowest BCUT2D eigenvalue weighted by Gasteiger charge is -2.33. The summed E-state index contributed by atoms with van der Waals surface area (Å²) in [7, 11) is 1.86. The SMILES string of the molecule is Cc1ncc(COCc2ccccc2)c(C2CCCN(C(=O)c3cc(C)n(C)n3)C2)n1. The molecule has 2 aromatic heterocycles. The Morgan fingerprint density at radius 1 is 1.19 bits per heavy atom. The molecular formula is C24H29N5O2. The predicted molar refractivity (Wildman–Crippen MR) is 118 cm³/mol. The highest BCUT2D eigenvalue weighted by atomic mass is 16.5. The molecule has 1 aliphatic heterocycles. The van der Waals surface area contributed by atoms with Gasteiger partial charge in [-0.3, -0.25) is 9.48 Å². The minimum Gasteiger partial charge on any atom is -0.372 e. The first kappa shape index (κ1) is 21.2. The van der Waals surface area contributed by atoms with Crippen molar-refractivity contribution in [3.8, 4) is 0 Å². The molecule has 1 fully saturated rings. The van der Waals surface area contributed by atoms with Crippen LogP contribution in [0.3, 0.4) is 0 Å². The molecule has 0 aliphatic carbocycles. The van der Waals surface area contributed by atoms with Crippen LogP contribution in [-0.2, 0) is 25.0 Å². The number of piperidine rings is 1. The van der Waals surface area contributed by atoms with E-state index >= 15 is 0 Å². The van der Waals surface area contributed by atoms with E-state index in [-0.39, 0.29) is 11.8 Å². The van der Waals surface area contributed by atoms with Gasteiger partial charge in [-0.25, -0.2) is 9.97 Å². The van der Waals surface area contributed by atoms with Crippen LogP contribution in [0.5, 0.6) is 0 Å². The summed E-state index contributed by atoms with van der Waals surface area (Å²) in [5.41, 5.74) is 4.61. The summed E-state index contributed by atoms with van der Waals surface area (Å²) in [6.07, 6.45) is 3.80. The number of rotatable bonds is 6.